The van der Waals surface area contributed by atoms with Gasteiger partial charge in [0.05, 0.1) is 22.3 Å². The fourth-order valence-corrected chi connectivity index (χ4v) is 4.17. The van der Waals surface area contributed by atoms with Gasteiger partial charge in [-0.15, -0.1) is 0 Å². The van der Waals surface area contributed by atoms with Crippen LogP contribution in [0.1, 0.15) is 39.9 Å². The maximum Gasteiger partial charge on any atom is 0.267 e. The molecule has 0 unspecified atom stereocenters. The average Bonchev–Trinajstić information content (AvgIpc) is 3.40. The van der Waals surface area contributed by atoms with Gasteiger partial charge in [-0.3, -0.25) is 23.8 Å². The first kappa shape index (κ1) is 28.2. The summed E-state index contributed by atoms with van der Waals surface area (Å²) in [7, 11) is 1.85. The van der Waals surface area contributed by atoms with Crippen LogP contribution in [0.2, 0.25) is 0 Å². The number of hydrogen-bond acceptors (Lipinski definition) is 7. The van der Waals surface area contributed by atoms with Crippen LogP contribution in [0.15, 0.2) is 83.4 Å². The Labute approximate surface area is 236 Å². The average molecular weight is 545 g/mol. The molecule has 0 fully saturated rings. The summed E-state index contributed by atoms with van der Waals surface area (Å²) in [5.74, 6) is 6.22. The van der Waals surface area contributed by atoms with Crippen molar-refractivity contribution in [2.75, 3.05) is 5.73 Å². The molecule has 1 amide bonds. The molecule has 204 valence electrons. The number of primary amides is 1. The van der Waals surface area contributed by atoms with E-state index < -0.39 is 5.91 Å². The molecule has 0 spiro atoms. The summed E-state index contributed by atoms with van der Waals surface area (Å²) in [5, 5.41) is 4.79. The van der Waals surface area contributed by atoms with E-state index in [4.69, 9.17) is 16.5 Å². The second-order valence-corrected chi connectivity index (χ2v) is 8.73. The summed E-state index contributed by atoms with van der Waals surface area (Å²) < 4.78 is 3.37. The third-order valence-corrected chi connectivity index (χ3v) is 6.07. The first-order valence-corrected chi connectivity index (χ1v) is 12.6. The Kier molecular flexibility index (Phi) is 8.50. The van der Waals surface area contributed by atoms with Gasteiger partial charge in [0, 0.05) is 37.0 Å². The van der Waals surface area contributed by atoms with Gasteiger partial charge in [0.1, 0.15) is 22.9 Å². The van der Waals surface area contributed by atoms with E-state index in [1.165, 1.54) is 12.3 Å². The van der Waals surface area contributed by atoms with E-state index in [1.54, 1.807) is 9.25 Å². The Bertz CT molecular complexity index is 1890. The van der Waals surface area contributed by atoms with Gasteiger partial charge in [-0.25, -0.2) is 9.97 Å². The van der Waals surface area contributed by atoms with Gasteiger partial charge in [-0.05, 0) is 43.0 Å². The van der Waals surface area contributed by atoms with E-state index >= 15 is 0 Å². The van der Waals surface area contributed by atoms with Gasteiger partial charge >= 0.3 is 0 Å². The molecule has 0 aliphatic rings. The van der Waals surface area contributed by atoms with Crippen LogP contribution < -0.4 is 17.0 Å². The van der Waals surface area contributed by atoms with E-state index in [1.807, 2.05) is 74.8 Å². The van der Waals surface area contributed by atoms with Crippen LogP contribution in [0.3, 0.4) is 0 Å². The summed E-state index contributed by atoms with van der Waals surface area (Å²) in [6.45, 7) is 8.88. The zero-order valence-electron chi connectivity index (χ0n) is 22.7. The van der Waals surface area contributed by atoms with Gasteiger partial charge < -0.3 is 11.5 Å². The monoisotopic (exact) mass is 544 g/mol. The van der Waals surface area contributed by atoms with E-state index in [-0.39, 0.29) is 16.9 Å². The summed E-state index contributed by atoms with van der Waals surface area (Å²) in [6, 6.07) is 17.0. The molecular weight excluding hydrogens is 516 g/mol. The van der Waals surface area contributed by atoms with Gasteiger partial charge in [-0.1, -0.05) is 49.8 Å². The fraction of sp³-hybridized carbons (Fsp3) is 0.0968. The lowest BCUT2D eigenvalue weighted by Gasteiger charge is -2.13. The number of nitrogens with zero attached hydrogens (tertiary/aromatic N) is 6. The lowest BCUT2D eigenvalue weighted by Crippen LogP contribution is -2.24. The number of anilines is 1. The van der Waals surface area contributed by atoms with E-state index in [9.17, 15) is 9.59 Å². The van der Waals surface area contributed by atoms with Crippen molar-refractivity contribution in [3.8, 4) is 17.5 Å². The fourth-order valence-electron chi connectivity index (χ4n) is 4.17. The zero-order chi connectivity index (χ0) is 29.5. The van der Waals surface area contributed by atoms with Crippen molar-refractivity contribution in [1.29, 1.82) is 0 Å². The van der Waals surface area contributed by atoms with Crippen LogP contribution in [0.25, 0.3) is 22.7 Å². The second-order valence-electron chi connectivity index (χ2n) is 8.73. The van der Waals surface area contributed by atoms with E-state index in [0.717, 1.165) is 11.5 Å². The van der Waals surface area contributed by atoms with Crippen LogP contribution in [-0.2, 0) is 13.5 Å². The summed E-state index contributed by atoms with van der Waals surface area (Å²) in [6.07, 6.45) is 5.45. The number of nitrogens with two attached hydrogens (primary N) is 2. The van der Waals surface area contributed by atoms with Crippen LogP contribution in [0, 0.1) is 11.8 Å². The van der Waals surface area contributed by atoms with Crippen LogP contribution in [-0.4, -0.2) is 36.9 Å². The Morgan fingerprint density at radius 1 is 1.12 bits per heavy atom. The van der Waals surface area contributed by atoms with Crippen molar-refractivity contribution in [2.24, 2.45) is 17.8 Å². The Morgan fingerprint density at radius 2 is 1.88 bits per heavy atom. The number of aliphatic imine (C=N–C) groups is 1. The van der Waals surface area contributed by atoms with Crippen LogP contribution >= 0.6 is 0 Å². The van der Waals surface area contributed by atoms with Crippen LogP contribution in [0.5, 0.6) is 0 Å². The summed E-state index contributed by atoms with van der Waals surface area (Å²) >= 11 is 0. The van der Waals surface area contributed by atoms with Crippen molar-refractivity contribution in [3.63, 3.8) is 0 Å². The maximum absolute atomic E-state index is 13.4. The Hall–Kier alpha value is -5.82. The highest BCUT2D eigenvalue weighted by molar-refractivity contribution is 6.03. The topological polar surface area (TPSA) is 147 Å². The highest BCUT2D eigenvalue weighted by Crippen LogP contribution is 2.27. The first-order valence-electron chi connectivity index (χ1n) is 12.6. The number of fused-ring (bicyclic) bond motifs is 1. The first-order chi connectivity index (χ1) is 19.8. The predicted octanol–water partition coefficient (Wildman–Crippen LogP) is 3.82. The molecule has 0 saturated carbocycles. The van der Waals surface area contributed by atoms with Gasteiger partial charge in [0.15, 0.2) is 0 Å². The minimum absolute atomic E-state index is 0.0468. The third kappa shape index (κ3) is 5.94. The molecule has 0 atom stereocenters. The number of para-hydroxylation sites is 1. The number of amides is 1. The predicted molar refractivity (Wildman–Crippen MR) is 162 cm³/mol. The van der Waals surface area contributed by atoms with Crippen LogP contribution in [0.4, 0.5) is 11.5 Å². The minimum Gasteiger partial charge on any atom is -0.383 e. The molecule has 0 radical (unpaired) electrons. The molecule has 0 bridgehead atoms. The molecule has 3 heterocycles. The molecule has 0 saturated heterocycles. The second kappa shape index (κ2) is 12.4. The Balaban J connectivity index is 0.000000234. The molecule has 0 aliphatic heterocycles. The highest BCUT2D eigenvalue weighted by Gasteiger charge is 2.15. The molecule has 41 heavy (non-hydrogen) atoms. The number of carbonyl (C=O) groups is 1. The summed E-state index contributed by atoms with van der Waals surface area (Å²) in [5.41, 5.74) is 14.3. The number of aromatic nitrogens is 5. The zero-order valence-corrected chi connectivity index (χ0v) is 22.7. The maximum atomic E-state index is 13.4. The van der Waals surface area contributed by atoms with E-state index in [0.29, 0.717) is 39.8 Å². The molecule has 5 aromatic rings. The largest absolute Gasteiger partial charge is 0.383 e. The smallest absolute Gasteiger partial charge is 0.267 e. The normalized spacial score (nSPS) is 10.2. The number of nitrogen functional groups attached to an aromatic ring is 1. The highest BCUT2D eigenvalue weighted by atomic mass is 16.1. The van der Waals surface area contributed by atoms with Crippen molar-refractivity contribution in [3.05, 3.63) is 112 Å². The van der Waals surface area contributed by atoms with Gasteiger partial charge in [0.25, 0.3) is 11.5 Å². The lowest BCUT2D eigenvalue weighted by molar-refractivity contribution is 0.100. The van der Waals surface area contributed by atoms with Crippen molar-refractivity contribution < 1.29 is 4.79 Å². The van der Waals surface area contributed by atoms with Crippen molar-refractivity contribution in [2.45, 2.75) is 13.3 Å². The SMILES string of the molecule is C=Cc1cnc(N)c(C(N)=O)c1N=C.CCc1nc2cccc(C#Cc3ccn(C)n3)c2c(=O)n1-c1ccccc1. The van der Waals surface area contributed by atoms with Crippen molar-refractivity contribution >= 4 is 41.1 Å². The molecule has 5 rings (SSSR count). The molecule has 10 nitrogen and oxygen atoms in total. The minimum atomic E-state index is -0.680. The lowest BCUT2D eigenvalue weighted by atomic mass is 10.1. The van der Waals surface area contributed by atoms with E-state index in [2.05, 4.69) is 40.2 Å². The molecule has 2 aromatic carbocycles. The number of aryl methyl sites for hydroxylation is 2. The standard InChI is InChI=1S/C22H18N4O.C9H10N4O/c1-3-20-23-19-11-7-8-16(12-13-17-14-15-25(2)24-17)21(19)22(27)26(20)18-9-5-4-6-10-18;1-3-5-4-13-8(10)6(9(11)14)7(5)12-2/h4-11,14-15H,3H2,1-2H3;3-4H,1-2H2,(H2,10,13)(H2,11,14). The van der Waals surface area contributed by atoms with Gasteiger partial charge in [-0.2, -0.15) is 5.10 Å². The number of benzene rings is 2. The molecule has 4 N–H and O–H groups in total. The Morgan fingerprint density at radius 3 is 2.49 bits per heavy atom. The number of pyridine rings is 1. The van der Waals surface area contributed by atoms with Crippen molar-refractivity contribution in [1.82, 2.24) is 24.3 Å². The molecular formula is C31H28N8O2. The quantitative estimate of drug-likeness (QED) is 0.254. The molecule has 10 heteroatoms. The number of hydrogen-bond donors (Lipinski definition) is 2. The number of rotatable bonds is 5. The third-order valence-electron chi connectivity index (χ3n) is 6.07. The number of carbonyl (C=O) groups excluding carboxylic acids is 1. The summed E-state index contributed by atoms with van der Waals surface area (Å²) in [4.78, 5) is 36.6. The molecule has 0 aliphatic carbocycles. The molecule has 3 aromatic heterocycles. The van der Waals surface area contributed by atoms with Gasteiger partial charge in [0.2, 0.25) is 0 Å².